The lowest BCUT2D eigenvalue weighted by Crippen LogP contribution is -2.25. The summed E-state index contributed by atoms with van der Waals surface area (Å²) >= 11 is 0. The Morgan fingerprint density at radius 3 is 2.71 bits per heavy atom. The van der Waals surface area contributed by atoms with Gasteiger partial charge in [0.1, 0.15) is 5.75 Å². The molecule has 0 radical (unpaired) electrons. The summed E-state index contributed by atoms with van der Waals surface area (Å²) in [4.78, 5) is 12.1. The van der Waals surface area contributed by atoms with Crippen LogP contribution in [0.2, 0.25) is 0 Å². The van der Waals surface area contributed by atoms with E-state index in [1.807, 2.05) is 12.1 Å². The van der Waals surface area contributed by atoms with Gasteiger partial charge in [-0.2, -0.15) is 0 Å². The number of amides is 1. The third-order valence-corrected chi connectivity index (χ3v) is 3.16. The van der Waals surface area contributed by atoms with E-state index in [4.69, 9.17) is 9.47 Å². The van der Waals surface area contributed by atoms with E-state index in [-0.39, 0.29) is 5.91 Å². The van der Waals surface area contributed by atoms with Crippen molar-refractivity contribution >= 4 is 5.91 Å². The number of nitrogens with one attached hydrogen (secondary N) is 1. The van der Waals surface area contributed by atoms with Gasteiger partial charge >= 0.3 is 0 Å². The summed E-state index contributed by atoms with van der Waals surface area (Å²) in [7, 11) is 1.63. The number of carbonyl (C=O) groups is 1. The molecule has 1 aromatic carbocycles. The molecule has 0 atom stereocenters. The first-order valence-electron chi connectivity index (χ1n) is 7.61. The molecular weight excluding hydrogens is 266 g/mol. The van der Waals surface area contributed by atoms with Gasteiger partial charge in [0.05, 0.1) is 13.7 Å². The molecule has 1 N–H and O–H groups in total. The second-order valence-electron chi connectivity index (χ2n) is 5.52. The summed E-state index contributed by atoms with van der Waals surface area (Å²) in [5, 5.41) is 2.94. The quantitative estimate of drug-likeness (QED) is 0.710. The highest BCUT2D eigenvalue weighted by Crippen LogP contribution is 2.21. The third-order valence-electron chi connectivity index (χ3n) is 3.16. The van der Waals surface area contributed by atoms with Crippen LogP contribution in [0.5, 0.6) is 5.75 Å². The van der Waals surface area contributed by atoms with Gasteiger partial charge in [0.15, 0.2) is 0 Å². The molecule has 0 heterocycles. The summed E-state index contributed by atoms with van der Waals surface area (Å²) in [5.41, 5.74) is 1.55. The molecule has 21 heavy (non-hydrogen) atoms. The molecule has 0 spiro atoms. The number of hydrogen-bond acceptors (Lipinski definition) is 3. The van der Waals surface area contributed by atoms with Gasteiger partial charge in [-0.15, -0.1) is 0 Å². The van der Waals surface area contributed by atoms with E-state index in [0.29, 0.717) is 31.2 Å². The predicted molar refractivity (Wildman–Crippen MR) is 84.7 cm³/mol. The molecule has 0 saturated heterocycles. The second-order valence-corrected chi connectivity index (χ2v) is 5.52. The molecule has 0 saturated carbocycles. The number of hydrogen-bond donors (Lipinski definition) is 1. The normalized spacial score (nSPS) is 10.7. The summed E-state index contributed by atoms with van der Waals surface area (Å²) < 4.78 is 10.9. The molecule has 0 unspecified atom stereocenters. The molecule has 4 heteroatoms. The Morgan fingerprint density at radius 2 is 2.10 bits per heavy atom. The molecule has 118 valence electrons. The molecule has 1 rings (SSSR count). The highest BCUT2D eigenvalue weighted by atomic mass is 16.5. The second kappa shape index (κ2) is 9.40. The maximum atomic E-state index is 12.1. The zero-order chi connectivity index (χ0) is 15.7. The minimum absolute atomic E-state index is 0.0463. The van der Waals surface area contributed by atoms with Crippen LogP contribution >= 0.6 is 0 Å². The van der Waals surface area contributed by atoms with E-state index in [1.54, 1.807) is 13.2 Å². The van der Waals surface area contributed by atoms with Crippen LogP contribution in [-0.2, 0) is 11.3 Å². The monoisotopic (exact) mass is 293 g/mol. The first-order valence-corrected chi connectivity index (χ1v) is 7.61. The minimum atomic E-state index is -0.0463. The van der Waals surface area contributed by atoms with Crippen LogP contribution in [0.3, 0.4) is 0 Å². The fourth-order valence-electron chi connectivity index (χ4n) is 1.94. The number of methoxy groups -OCH3 is 1. The van der Waals surface area contributed by atoms with Crippen LogP contribution in [0.15, 0.2) is 18.2 Å². The molecule has 0 aliphatic heterocycles. The topological polar surface area (TPSA) is 47.6 Å². The summed E-state index contributed by atoms with van der Waals surface area (Å²) in [6.07, 6.45) is 1.95. The average Bonchev–Trinajstić information content (AvgIpc) is 2.47. The summed E-state index contributed by atoms with van der Waals surface area (Å²) in [6, 6.07) is 5.45. The Hall–Kier alpha value is -1.55. The molecule has 0 aliphatic carbocycles. The van der Waals surface area contributed by atoms with Crippen molar-refractivity contribution in [1.29, 1.82) is 0 Å². The highest BCUT2D eigenvalue weighted by Gasteiger charge is 2.10. The zero-order valence-electron chi connectivity index (χ0n) is 13.6. The molecule has 0 aliphatic rings. The summed E-state index contributed by atoms with van der Waals surface area (Å²) in [5.74, 6) is 1.29. The first-order chi connectivity index (χ1) is 10.1. The van der Waals surface area contributed by atoms with E-state index in [1.165, 1.54) is 0 Å². The van der Waals surface area contributed by atoms with Crippen LogP contribution in [-0.4, -0.2) is 26.2 Å². The van der Waals surface area contributed by atoms with Gasteiger partial charge in [-0.3, -0.25) is 4.79 Å². The Kier molecular flexibility index (Phi) is 7.83. The van der Waals surface area contributed by atoms with Gasteiger partial charge in [-0.25, -0.2) is 0 Å². The Labute approximate surface area is 127 Å². The minimum Gasteiger partial charge on any atom is -0.496 e. The van der Waals surface area contributed by atoms with Gasteiger partial charge in [0.2, 0.25) is 0 Å². The molecule has 1 aromatic rings. The lowest BCUT2D eigenvalue weighted by Gasteiger charge is -2.12. The fourth-order valence-corrected chi connectivity index (χ4v) is 1.94. The smallest absolute Gasteiger partial charge is 0.251 e. The van der Waals surface area contributed by atoms with Crippen LogP contribution in [0.1, 0.15) is 49.5 Å². The highest BCUT2D eigenvalue weighted by molar-refractivity contribution is 5.94. The van der Waals surface area contributed by atoms with Crippen LogP contribution in [0, 0.1) is 5.92 Å². The average molecular weight is 293 g/mol. The van der Waals surface area contributed by atoms with E-state index in [0.717, 1.165) is 24.2 Å². The van der Waals surface area contributed by atoms with Crippen molar-refractivity contribution < 1.29 is 14.3 Å². The Bertz CT molecular complexity index is 444. The molecule has 0 fully saturated rings. The number of benzene rings is 1. The molecule has 4 nitrogen and oxygen atoms in total. The lowest BCUT2D eigenvalue weighted by atomic mass is 10.1. The molecule has 0 bridgehead atoms. The largest absolute Gasteiger partial charge is 0.496 e. The van der Waals surface area contributed by atoms with Gasteiger partial charge in [-0.1, -0.05) is 20.8 Å². The van der Waals surface area contributed by atoms with Gasteiger partial charge in [0.25, 0.3) is 5.91 Å². The molecule has 0 aromatic heterocycles. The SMILES string of the molecule is CCCOCc1cc(C(=O)NCCC(C)C)ccc1OC. The fraction of sp³-hybridized carbons (Fsp3) is 0.588. The maximum Gasteiger partial charge on any atom is 0.251 e. The van der Waals surface area contributed by atoms with E-state index >= 15 is 0 Å². The summed E-state index contributed by atoms with van der Waals surface area (Å²) in [6.45, 7) is 8.21. The van der Waals surface area contributed by atoms with Crippen molar-refractivity contribution in [1.82, 2.24) is 5.32 Å². The number of carbonyl (C=O) groups excluding carboxylic acids is 1. The van der Waals surface area contributed by atoms with Gasteiger partial charge in [-0.05, 0) is 37.0 Å². The Morgan fingerprint density at radius 1 is 1.33 bits per heavy atom. The number of ether oxygens (including phenoxy) is 2. The van der Waals surface area contributed by atoms with Crippen molar-refractivity contribution in [3.05, 3.63) is 29.3 Å². The number of rotatable bonds is 9. The first kappa shape index (κ1) is 17.5. The van der Waals surface area contributed by atoms with Gasteiger partial charge < -0.3 is 14.8 Å². The van der Waals surface area contributed by atoms with Crippen LogP contribution in [0.4, 0.5) is 0 Å². The van der Waals surface area contributed by atoms with Crippen molar-refractivity contribution in [2.75, 3.05) is 20.3 Å². The van der Waals surface area contributed by atoms with Crippen LogP contribution in [0.25, 0.3) is 0 Å². The third kappa shape index (κ3) is 6.17. The maximum absolute atomic E-state index is 12.1. The Balaban J connectivity index is 2.69. The standard InChI is InChI=1S/C17H27NO3/c1-5-10-21-12-15-11-14(6-7-16(15)20-4)17(19)18-9-8-13(2)3/h6-7,11,13H,5,8-10,12H2,1-4H3,(H,18,19). The van der Waals surface area contributed by atoms with E-state index in [2.05, 4.69) is 26.1 Å². The lowest BCUT2D eigenvalue weighted by molar-refractivity contribution is 0.0951. The van der Waals surface area contributed by atoms with E-state index in [9.17, 15) is 4.79 Å². The predicted octanol–water partition coefficient (Wildman–Crippen LogP) is 3.40. The van der Waals surface area contributed by atoms with E-state index < -0.39 is 0 Å². The van der Waals surface area contributed by atoms with Crippen LogP contribution < -0.4 is 10.1 Å². The molecule has 1 amide bonds. The van der Waals surface area contributed by atoms with Crippen molar-refractivity contribution in [3.8, 4) is 5.75 Å². The zero-order valence-corrected chi connectivity index (χ0v) is 13.6. The van der Waals surface area contributed by atoms with Gasteiger partial charge in [0, 0.05) is 24.3 Å². The molecular formula is C17H27NO3. The van der Waals surface area contributed by atoms with Crippen molar-refractivity contribution in [2.45, 2.75) is 40.2 Å². The van der Waals surface area contributed by atoms with Crippen molar-refractivity contribution in [3.63, 3.8) is 0 Å². The van der Waals surface area contributed by atoms with Crippen molar-refractivity contribution in [2.24, 2.45) is 5.92 Å².